The molecule has 0 fully saturated rings. The number of nitrogens with two attached hydrogens (primary N) is 1. The minimum Gasteiger partial charge on any atom is -0.275 e. The molecule has 0 aliphatic carbocycles. The molecule has 0 amide bonds. The normalized spacial score (nSPS) is 12.7. The molecule has 1 atom stereocenters. The van der Waals surface area contributed by atoms with Crippen molar-refractivity contribution >= 4 is 23.2 Å². The fraction of sp³-hybridized carbons (Fsp3) is 0.357. The quantitative estimate of drug-likeness (QED) is 0.659. The van der Waals surface area contributed by atoms with Gasteiger partial charge in [0, 0.05) is 18.8 Å². The SMILES string of the molecule is CCc1nn(C)cc1C(Cc1cccc(Cl)c1Cl)NN. The zero-order valence-corrected chi connectivity index (χ0v) is 13.0. The lowest BCUT2D eigenvalue weighted by molar-refractivity contribution is 0.547. The monoisotopic (exact) mass is 312 g/mol. The first-order valence-corrected chi connectivity index (χ1v) is 7.23. The summed E-state index contributed by atoms with van der Waals surface area (Å²) in [6, 6.07) is 5.58. The van der Waals surface area contributed by atoms with Gasteiger partial charge in [0.2, 0.25) is 0 Å². The van der Waals surface area contributed by atoms with Gasteiger partial charge in [-0.1, -0.05) is 42.3 Å². The highest BCUT2D eigenvalue weighted by Gasteiger charge is 2.18. The third-order valence-corrected chi connectivity index (χ3v) is 4.16. The van der Waals surface area contributed by atoms with Crippen LogP contribution >= 0.6 is 23.2 Å². The second kappa shape index (κ2) is 6.59. The number of benzene rings is 1. The fourth-order valence-corrected chi connectivity index (χ4v) is 2.70. The van der Waals surface area contributed by atoms with Gasteiger partial charge in [-0.25, -0.2) is 0 Å². The average molecular weight is 313 g/mol. The molecule has 2 rings (SSSR count). The molecule has 0 saturated carbocycles. The molecule has 0 saturated heterocycles. The van der Waals surface area contributed by atoms with Crippen molar-refractivity contribution in [2.45, 2.75) is 25.8 Å². The lowest BCUT2D eigenvalue weighted by Crippen LogP contribution is -2.30. The summed E-state index contributed by atoms with van der Waals surface area (Å²) in [6.45, 7) is 2.08. The van der Waals surface area contributed by atoms with Gasteiger partial charge in [-0.2, -0.15) is 5.10 Å². The highest BCUT2D eigenvalue weighted by atomic mass is 35.5. The van der Waals surface area contributed by atoms with Gasteiger partial charge < -0.3 is 0 Å². The Hall–Kier alpha value is -1.07. The van der Waals surface area contributed by atoms with Gasteiger partial charge in [0.25, 0.3) is 0 Å². The summed E-state index contributed by atoms with van der Waals surface area (Å²) in [6.07, 6.45) is 3.51. The largest absolute Gasteiger partial charge is 0.275 e. The minimum absolute atomic E-state index is 0.0467. The second-order valence-corrected chi connectivity index (χ2v) is 5.48. The molecule has 0 bridgehead atoms. The summed E-state index contributed by atoms with van der Waals surface area (Å²) in [5.41, 5.74) is 5.94. The third kappa shape index (κ3) is 3.15. The van der Waals surface area contributed by atoms with E-state index in [0.29, 0.717) is 16.5 Å². The Bertz CT molecular complexity index is 595. The molecular formula is C14H18Cl2N4. The Morgan fingerprint density at radius 1 is 1.40 bits per heavy atom. The highest BCUT2D eigenvalue weighted by Crippen LogP contribution is 2.29. The molecule has 1 aromatic carbocycles. The van der Waals surface area contributed by atoms with Crippen molar-refractivity contribution < 1.29 is 0 Å². The zero-order valence-electron chi connectivity index (χ0n) is 11.5. The standard InChI is InChI=1S/C14H18Cl2N4/c1-3-12-10(8-20(2)19-12)13(18-17)7-9-5-4-6-11(15)14(9)16/h4-6,8,13,18H,3,7,17H2,1-2H3. The minimum atomic E-state index is -0.0467. The number of hydrazine groups is 1. The van der Waals surface area contributed by atoms with Crippen LogP contribution in [0.4, 0.5) is 0 Å². The van der Waals surface area contributed by atoms with Crippen molar-refractivity contribution in [3.63, 3.8) is 0 Å². The maximum absolute atomic E-state index is 6.24. The molecule has 1 aromatic heterocycles. The lowest BCUT2D eigenvalue weighted by Gasteiger charge is -2.17. The predicted octanol–water partition coefficient (Wildman–Crippen LogP) is 3.04. The maximum Gasteiger partial charge on any atom is 0.0670 e. The van der Waals surface area contributed by atoms with Crippen molar-refractivity contribution in [2.75, 3.05) is 0 Å². The average Bonchev–Trinajstić information content (AvgIpc) is 2.81. The van der Waals surface area contributed by atoms with Crippen molar-refractivity contribution in [3.8, 4) is 0 Å². The maximum atomic E-state index is 6.24. The van der Waals surface area contributed by atoms with Gasteiger partial charge in [-0.05, 0) is 24.5 Å². The smallest absolute Gasteiger partial charge is 0.0670 e. The van der Waals surface area contributed by atoms with Crippen LogP contribution in [-0.4, -0.2) is 9.78 Å². The van der Waals surface area contributed by atoms with Crippen molar-refractivity contribution in [2.24, 2.45) is 12.9 Å². The van der Waals surface area contributed by atoms with Crippen LogP contribution in [0.2, 0.25) is 10.0 Å². The van der Waals surface area contributed by atoms with Crippen molar-refractivity contribution in [3.05, 3.63) is 51.3 Å². The van der Waals surface area contributed by atoms with Crippen molar-refractivity contribution in [1.82, 2.24) is 15.2 Å². The Kier molecular flexibility index (Phi) is 5.05. The molecule has 108 valence electrons. The molecule has 2 aromatic rings. The van der Waals surface area contributed by atoms with Gasteiger partial charge >= 0.3 is 0 Å². The van der Waals surface area contributed by atoms with E-state index < -0.39 is 0 Å². The molecule has 1 heterocycles. The van der Waals surface area contributed by atoms with E-state index >= 15 is 0 Å². The van der Waals surface area contributed by atoms with Crippen molar-refractivity contribution in [1.29, 1.82) is 0 Å². The van der Waals surface area contributed by atoms with Crippen LogP contribution in [-0.2, 0) is 19.9 Å². The topological polar surface area (TPSA) is 55.9 Å². The first kappa shape index (κ1) is 15.3. The van der Waals surface area contributed by atoms with E-state index in [0.717, 1.165) is 23.2 Å². The van der Waals surface area contributed by atoms with Crippen LogP contribution in [0.25, 0.3) is 0 Å². The molecule has 1 unspecified atom stereocenters. The molecule has 0 spiro atoms. The first-order valence-electron chi connectivity index (χ1n) is 6.48. The molecule has 3 N–H and O–H groups in total. The molecule has 0 aliphatic rings. The van der Waals surface area contributed by atoms with Crippen LogP contribution < -0.4 is 11.3 Å². The molecular weight excluding hydrogens is 295 g/mol. The number of nitrogens with zero attached hydrogens (tertiary/aromatic N) is 2. The molecule has 20 heavy (non-hydrogen) atoms. The van der Waals surface area contributed by atoms with E-state index in [1.165, 1.54) is 0 Å². The van der Waals surface area contributed by atoms with Crippen LogP contribution in [0.5, 0.6) is 0 Å². The first-order chi connectivity index (χ1) is 9.56. The highest BCUT2D eigenvalue weighted by molar-refractivity contribution is 6.42. The number of aromatic nitrogens is 2. The van der Waals surface area contributed by atoms with Crippen LogP contribution in [0, 0.1) is 0 Å². The lowest BCUT2D eigenvalue weighted by atomic mass is 9.99. The Labute approximate surface area is 128 Å². The van der Waals surface area contributed by atoms with Gasteiger partial charge in [0.05, 0.1) is 21.8 Å². The Morgan fingerprint density at radius 3 is 2.80 bits per heavy atom. The summed E-state index contributed by atoms with van der Waals surface area (Å²) in [4.78, 5) is 0. The zero-order chi connectivity index (χ0) is 14.7. The molecule has 0 aliphatic heterocycles. The molecule has 6 heteroatoms. The summed E-state index contributed by atoms with van der Waals surface area (Å²) < 4.78 is 1.80. The Morgan fingerprint density at radius 2 is 2.15 bits per heavy atom. The third-order valence-electron chi connectivity index (χ3n) is 3.30. The summed E-state index contributed by atoms with van der Waals surface area (Å²) in [7, 11) is 1.91. The van der Waals surface area contributed by atoms with Crippen LogP contribution in [0.15, 0.2) is 24.4 Å². The number of nitrogens with one attached hydrogen (secondary N) is 1. The van der Waals surface area contributed by atoms with Gasteiger partial charge in [-0.15, -0.1) is 0 Å². The second-order valence-electron chi connectivity index (χ2n) is 4.69. The Balaban J connectivity index is 2.31. The molecule has 4 nitrogen and oxygen atoms in total. The number of rotatable bonds is 5. The number of aryl methyl sites for hydroxylation is 2. The molecule has 0 radical (unpaired) electrons. The van der Waals surface area contributed by atoms with E-state index in [4.69, 9.17) is 29.0 Å². The number of hydrogen-bond donors (Lipinski definition) is 2. The number of hydrogen-bond acceptors (Lipinski definition) is 3. The summed E-state index contributed by atoms with van der Waals surface area (Å²) in [5, 5.41) is 5.58. The summed E-state index contributed by atoms with van der Waals surface area (Å²) >= 11 is 12.3. The van der Waals surface area contributed by atoms with Gasteiger partial charge in [-0.3, -0.25) is 16.0 Å². The number of halogens is 2. The van der Waals surface area contributed by atoms with E-state index in [2.05, 4.69) is 17.4 Å². The fourth-order valence-electron chi connectivity index (χ4n) is 2.30. The van der Waals surface area contributed by atoms with E-state index in [1.54, 1.807) is 10.7 Å². The van der Waals surface area contributed by atoms with Gasteiger partial charge in [0.15, 0.2) is 0 Å². The van der Waals surface area contributed by atoms with Gasteiger partial charge in [0.1, 0.15) is 0 Å². The van der Waals surface area contributed by atoms with E-state index in [1.807, 2.05) is 25.4 Å². The summed E-state index contributed by atoms with van der Waals surface area (Å²) in [5.74, 6) is 5.71. The van der Waals surface area contributed by atoms with Crippen LogP contribution in [0.3, 0.4) is 0 Å². The van der Waals surface area contributed by atoms with E-state index in [9.17, 15) is 0 Å². The van der Waals surface area contributed by atoms with Crippen LogP contribution in [0.1, 0.15) is 29.8 Å². The predicted molar refractivity (Wildman–Crippen MR) is 82.8 cm³/mol. The van der Waals surface area contributed by atoms with E-state index in [-0.39, 0.29) is 6.04 Å².